The van der Waals surface area contributed by atoms with Crippen molar-refractivity contribution in [3.05, 3.63) is 0 Å². The van der Waals surface area contributed by atoms with E-state index < -0.39 is 0 Å². The lowest BCUT2D eigenvalue weighted by Gasteiger charge is -1.82. The van der Waals surface area contributed by atoms with E-state index in [4.69, 9.17) is 11.2 Å². The van der Waals surface area contributed by atoms with Crippen LogP contribution in [-0.4, -0.2) is 6.29 Å². The van der Waals surface area contributed by atoms with Crippen molar-refractivity contribution in [2.45, 2.75) is 0 Å². The summed E-state index contributed by atoms with van der Waals surface area (Å²) in [5, 5.41) is 0. The van der Waals surface area contributed by atoms with Crippen molar-refractivity contribution in [2.24, 2.45) is 11.2 Å². The Balaban J connectivity index is 2.19. The highest BCUT2D eigenvalue weighted by Crippen LogP contribution is 2.25. The van der Waals surface area contributed by atoms with Crippen LogP contribution in [0.15, 0.2) is 0 Å². The molecule has 0 saturated carbocycles. The third-order valence-electron chi connectivity index (χ3n) is 0.204. The summed E-state index contributed by atoms with van der Waals surface area (Å²) >= 11 is 0. The van der Waals surface area contributed by atoms with E-state index in [1.54, 1.807) is 0 Å². The minimum Gasteiger partial charge on any atom is -0.327 e. The molecule has 0 saturated heterocycles. The molecule has 0 aliphatic heterocycles. The van der Waals surface area contributed by atoms with Crippen molar-refractivity contribution in [1.82, 2.24) is 0 Å². The van der Waals surface area contributed by atoms with Gasteiger partial charge in [0.25, 0.3) is 0 Å². The maximum atomic E-state index is 5.10. The van der Waals surface area contributed by atoms with E-state index in [0.717, 1.165) is 14.6 Å². The summed E-state index contributed by atoms with van der Waals surface area (Å²) in [5.41, 5.74) is 10.2. The Labute approximate surface area is 35.2 Å². The number of rotatable bonds is 2. The van der Waals surface area contributed by atoms with E-state index in [-0.39, 0.29) is 0 Å². The molecule has 4 N–H and O–H groups in total. The highest BCUT2D eigenvalue weighted by Gasteiger charge is 1.66. The van der Waals surface area contributed by atoms with Crippen LogP contribution in [0.1, 0.15) is 0 Å². The molecule has 0 heterocycles. The van der Waals surface area contributed by atoms with E-state index in [1.165, 1.54) is 0 Å². The number of hydrogen-bond acceptors (Lipinski definition) is 2. The van der Waals surface area contributed by atoms with Gasteiger partial charge in [-0.3, -0.25) is 0 Å². The summed E-state index contributed by atoms with van der Waals surface area (Å²) in [6, 6.07) is 0. The maximum Gasteiger partial charge on any atom is 0.0148 e. The fraction of sp³-hybridized carbons (Fsp3) is 1.00. The molecular formula is CH8N2P2. The van der Waals surface area contributed by atoms with Crippen LogP contribution >= 0.6 is 16.7 Å². The molecule has 0 aromatic heterocycles. The van der Waals surface area contributed by atoms with Gasteiger partial charge in [-0.2, -0.15) is 0 Å². The quantitative estimate of drug-likeness (QED) is 0.493. The van der Waals surface area contributed by atoms with E-state index in [1.807, 2.05) is 0 Å². The smallest absolute Gasteiger partial charge is 0.0148 e. The summed E-state index contributed by atoms with van der Waals surface area (Å²) in [6.45, 7) is 0. The summed E-state index contributed by atoms with van der Waals surface area (Å²) < 4.78 is 0. The lowest BCUT2D eigenvalue weighted by Crippen LogP contribution is -1.87. The largest absolute Gasteiger partial charge is 0.327 e. The Morgan fingerprint density at radius 3 is 2.20 bits per heavy atom. The minimum absolute atomic E-state index is 0.561. The second-order valence-electron chi connectivity index (χ2n) is 0.525. The fourth-order valence-electron chi connectivity index (χ4n) is 0.0589. The van der Waals surface area contributed by atoms with Crippen LogP contribution in [0.3, 0.4) is 0 Å². The minimum atomic E-state index is 0.561. The Hall–Kier alpha value is 0.780. The van der Waals surface area contributed by atoms with E-state index in [0.29, 0.717) is 8.42 Å². The second kappa shape index (κ2) is 4.78. The molecule has 2 nitrogen and oxygen atoms in total. The van der Waals surface area contributed by atoms with Crippen LogP contribution in [0.4, 0.5) is 0 Å². The standard InChI is InChI=1S/CH8N2P2/c2-1-4-5-3/h4-5H,1-3H2. The van der Waals surface area contributed by atoms with Gasteiger partial charge in [0.05, 0.1) is 0 Å². The molecule has 0 bridgehead atoms. The van der Waals surface area contributed by atoms with E-state index in [9.17, 15) is 0 Å². The normalized spacial score (nSPS) is 13.2. The summed E-state index contributed by atoms with van der Waals surface area (Å²) in [7, 11) is 1.34. The zero-order valence-corrected chi connectivity index (χ0v) is 4.86. The maximum absolute atomic E-state index is 5.10. The molecule has 0 radical (unpaired) electrons. The molecule has 2 unspecified atom stereocenters. The van der Waals surface area contributed by atoms with Gasteiger partial charge in [0, 0.05) is 6.29 Å². The van der Waals surface area contributed by atoms with Crippen molar-refractivity contribution in [2.75, 3.05) is 6.29 Å². The van der Waals surface area contributed by atoms with Crippen LogP contribution in [0, 0.1) is 0 Å². The predicted molar refractivity (Wildman–Crippen MR) is 29.9 cm³/mol. The van der Waals surface area contributed by atoms with Gasteiger partial charge in [-0.15, -0.1) is 0 Å². The summed E-state index contributed by atoms with van der Waals surface area (Å²) in [6.07, 6.45) is 0.759. The lowest BCUT2D eigenvalue weighted by molar-refractivity contribution is 1.40. The van der Waals surface area contributed by atoms with Crippen molar-refractivity contribution >= 4 is 16.7 Å². The van der Waals surface area contributed by atoms with E-state index in [2.05, 4.69) is 0 Å². The number of nitrogens with two attached hydrogens (primary N) is 2. The first-order valence-electron chi connectivity index (χ1n) is 1.30. The van der Waals surface area contributed by atoms with Gasteiger partial charge in [0.1, 0.15) is 0 Å². The zero-order chi connectivity index (χ0) is 4.12. The molecule has 0 rings (SSSR count). The van der Waals surface area contributed by atoms with Gasteiger partial charge < -0.3 is 11.2 Å². The van der Waals surface area contributed by atoms with Gasteiger partial charge in [-0.05, 0) is 8.42 Å². The Bertz CT molecular complexity index is 15.1. The third-order valence-corrected chi connectivity index (χ3v) is 1.84. The topological polar surface area (TPSA) is 52.0 Å². The predicted octanol–water partition coefficient (Wildman–Crippen LogP) is 0.0483. The van der Waals surface area contributed by atoms with Crippen molar-refractivity contribution in [3.8, 4) is 0 Å². The highest BCUT2D eigenvalue weighted by molar-refractivity contribution is 8.10. The van der Waals surface area contributed by atoms with Gasteiger partial charge in [0.2, 0.25) is 0 Å². The molecule has 0 fully saturated rings. The van der Waals surface area contributed by atoms with E-state index >= 15 is 0 Å². The first-order valence-corrected chi connectivity index (χ1v) is 4.58. The van der Waals surface area contributed by atoms with Crippen LogP contribution < -0.4 is 11.2 Å². The van der Waals surface area contributed by atoms with Gasteiger partial charge >= 0.3 is 0 Å². The van der Waals surface area contributed by atoms with Crippen LogP contribution in [-0.2, 0) is 0 Å². The third kappa shape index (κ3) is 4.78. The van der Waals surface area contributed by atoms with Gasteiger partial charge in [0.15, 0.2) is 0 Å². The first kappa shape index (κ1) is 5.78. The summed E-state index contributed by atoms with van der Waals surface area (Å²) in [5.74, 6) is 0. The fourth-order valence-corrected chi connectivity index (χ4v) is 0.530. The second-order valence-corrected chi connectivity index (χ2v) is 3.50. The summed E-state index contributed by atoms with van der Waals surface area (Å²) in [4.78, 5) is 0. The zero-order valence-electron chi connectivity index (χ0n) is 2.86. The molecule has 0 spiro atoms. The molecule has 0 aliphatic carbocycles. The molecule has 4 heteroatoms. The number of hydrogen-bond donors (Lipinski definition) is 2. The Morgan fingerprint density at radius 1 is 1.60 bits per heavy atom. The van der Waals surface area contributed by atoms with Gasteiger partial charge in [-0.1, -0.05) is 8.27 Å². The molecule has 0 amide bonds. The molecule has 32 valence electrons. The van der Waals surface area contributed by atoms with Crippen LogP contribution in [0.5, 0.6) is 0 Å². The first-order chi connectivity index (χ1) is 2.41. The van der Waals surface area contributed by atoms with Crippen LogP contribution in [0.25, 0.3) is 0 Å². The molecule has 0 aromatic rings. The van der Waals surface area contributed by atoms with Crippen molar-refractivity contribution < 1.29 is 0 Å². The van der Waals surface area contributed by atoms with Crippen molar-refractivity contribution in [1.29, 1.82) is 0 Å². The molecule has 0 aliphatic rings. The Kier molecular flexibility index (Phi) is 5.53. The molecule has 0 aromatic carbocycles. The van der Waals surface area contributed by atoms with Crippen molar-refractivity contribution in [3.63, 3.8) is 0 Å². The lowest BCUT2D eigenvalue weighted by atomic mass is 11.6. The van der Waals surface area contributed by atoms with Gasteiger partial charge in [-0.25, -0.2) is 0 Å². The molecule has 5 heavy (non-hydrogen) atoms. The van der Waals surface area contributed by atoms with Crippen LogP contribution in [0.2, 0.25) is 0 Å². The molecular weight excluding hydrogens is 102 g/mol. The average Bonchev–Trinajstić information content (AvgIpc) is 1.41. The SMILES string of the molecule is NCPPN. The monoisotopic (exact) mass is 110 g/mol. The highest BCUT2D eigenvalue weighted by atomic mass is 32.0. The molecule has 2 atom stereocenters. The Morgan fingerprint density at radius 2 is 2.20 bits per heavy atom. The average molecular weight is 110 g/mol.